The molecule has 1 saturated heterocycles. The summed E-state index contributed by atoms with van der Waals surface area (Å²) in [5, 5.41) is 4.57. The molecule has 0 saturated carbocycles. The third kappa shape index (κ3) is 2.57. The van der Waals surface area contributed by atoms with Crippen LogP contribution in [0, 0.1) is 0 Å². The standard InChI is InChI=1S/C13H23N5/c14-11-5-4-6-13-15-12(16-18(11)13)7-10-17-8-2-1-3-9-17/h11H,1-10,14H2. The van der Waals surface area contributed by atoms with Crippen LogP contribution in [0.5, 0.6) is 0 Å². The van der Waals surface area contributed by atoms with Gasteiger partial charge in [-0.15, -0.1) is 0 Å². The highest BCUT2D eigenvalue weighted by atomic mass is 15.4. The second-order valence-corrected chi connectivity index (χ2v) is 5.50. The van der Waals surface area contributed by atoms with Gasteiger partial charge >= 0.3 is 0 Å². The molecular weight excluding hydrogens is 226 g/mol. The topological polar surface area (TPSA) is 60.0 Å². The molecule has 5 nitrogen and oxygen atoms in total. The van der Waals surface area contributed by atoms with Crippen molar-refractivity contribution in [1.82, 2.24) is 19.7 Å². The lowest BCUT2D eigenvalue weighted by atomic mass is 10.1. The molecule has 2 aliphatic rings. The third-order valence-corrected chi connectivity index (χ3v) is 4.06. The summed E-state index contributed by atoms with van der Waals surface area (Å²) in [5.74, 6) is 2.07. The van der Waals surface area contributed by atoms with E-state index in [9.17, 15) is 0 Å². The molecule has 5 heteroatoms. The van der Waals surface area contributed by atoms with Gasteiger partial charge in [0.15, 0.2) is 5.82 Å². The van der Waals surface area contributed by atoms with Crippen LogP contribution in [0.4, 0.5) is 0 Å². The first-order valence-electron chi connectivity index (χ1n) is 7.25. The molecule has 0 spiro atoms. The number of rotatable bonds is 3. The van der Waals surface area contributed by atoms with E-state index in [1.165, 1.54) is 32.4 Å². The Morgan fingerprint density at radius 1 is 1.17 bits per heavy atom. The van der Waals surface area contributed by atoms with Crippen molar-refractivity contribution < 1.29 is 0 Å². The van der Waals surface area contributed by atoms with E-state index in [0.29, 0.717) is 0 Å². The summed E-state index contributed by atoms with van der Waals surface area (Å²) < 4.78 is 1.94. The Bertz CT molecular complexity index is 394. The molecule has 1 unspecified atom stereocenters. The number of aromatic nitrogens is 3. The van der Waals surface area contributed by atoms with Gasteiger partial charge in [0.2, 0.25) is 0 Å². The number of hydrogen-bond acceptors (Lipinski definition) is 4. The van der Waals surface area contributed by atoms with Crippen LogP contribution in [0.25, 0.3) is 0 Å². The predicted octanol–water partition coefficient (Wildman–Crippen LogP) is 1.10. The molecule has 1 atom stereocenters. The summed E-state index contributed by atoms with van der Waals surface area (Å²) in [5.41, 5.74) is 6.05. The largest absolute Gasteiger partial charge is 0.310 e. The molecule has 2 N–H and O–H groups in total. The Morgan fingerprint density at radius 2 is 2.00 bits per heavy atom. The Morgan fingerprint density at radius 3 is 2.78 bits per heavy atom. The molecule has 100 valence electrons. The number of fused-ring (bicyclic) bond motifs is 1. The van der Waals surface area contributed by atoms with Crippen molar-refractivity contribution in [3.8, 4) is 0 Å². The van der Waals surface area contributed by atoms with Crippen LogP contribution in [-0.2, 0) is 12.8 Å². The molecule has 3 rings (SSSR count). The average Bonchev–Trinajstić information content (AvgIpc) is 2.82. The van der Waals surface area contributed by atoms with Crippen LogP contribution in [0.1, 0.15) is 49.9 Å². The third-order valence-electron chi connectivity index (χ3n) is 4.06. The van der Waals surface area contributed by atoms with Crippen molar-refractivity contribution >= 4 is 0 Å². The van der Waals surface area contributed by atoms with Gasteiger partial charge in [-0.3, -0.25) is 0 Å². The minimum atomic E-state index is 0.0463. The molecule has 3 heterocycles. The molecule has 1 aromatic heterocycles. The zero-order chi connectivity index (χ0) is 12.4. The van der Waals surface area contributed by atoms with E-state index in [0.717, 1.165) is 43.9 Å². The van der Waals surface area contributed by atoms with Gasteiger partial charge in [-0.1, -0.05) is 6.42 Å². The zero-order valence-electron chi connectivity index (χ0n) is 11.0. The summed E-state index contributed by atoms with van der Waals surface area (Å²) in [6.07, 6.45) is 8.30. The van der Waals surface area contributed by atoms with E-state index in [1.54, 1.807) is 0 Å². The summed E-state index contributed by atoms with van der Waals surface area (Å²) >= 11 is 0. The highest BCUT2D eigenvalue weighted by molar-refractivity contribution is 4.98. The number of hydrogen-bond donors (Lipinski definition) is 1. The van der Waals surface area contributed by atoms with E-state index in [-0.39, 0.29) is 6.17 Å². The van der Waals surface area contributed by atoms with Crippen LogP contribution >= 0.6 is 0 Å². The Kier molecular flexibility index (Phi) is 3.61. The molecule has 0 amide bonds. The Balaban J connectivity index is 1.59. The SMILES string of the molecule is NC1CCCc2nc(CCN3CCCCC3)nn21. The van der Waals surface area contributed by atoms with Gasteiger partial charge in [0.1, 0.15) is 12.0 Å². The molecular formula is C13H23N5. The smallest absolute Gasteiger partial charge is 0.152 e. The minimum absolute atomic E-state index is 0.0463. The van der Waals surface area contributed by atoms with E-state index in [1.807, 2.05) is 4.68 Å². The minimum Gasteiger partial charge on any atom is -0.310 e. The highest BCUT2D eigenvalue weighted by Crippen LogP contribution is 2.19. The lowest BCUT2D eigenvalue weighted by molar-refractivity contribution is 0.230. The Labute approximate surface area is 108 Å². The van der Waals surface area contributed by atoms with Gasteiger partial charge in [-0.05, 0) is 38.8 Å². The van der Waals surface area contributed by atoms with Crippen LogP contribution in [-0.4, -0.2) is 39.3 Å². The Hall–Kier alpha value is -0.940. The van der Waals surface area contributed by atoms with Gasteiger partial charge in [-0.2, -0.15) is 5.10 Å². The molecule has 1 fully saturated rings. The van der Waals surface area contributed by atoms with Crippen molar-refractivity contribution in [2.24, 2.45) is 5.73 Å². The monoisotopic (exact) mass is 249 g/mol. The predicted molar refractivity (Wildman–Crippen MR) is 70.2 cm³/mol. The van der Waals surface area contributed by atoms with Gasteiger partial charge in [-0.25, -0.2) is 9.67 Å². The van der Waals surface area contributed by atoms with Crippen molar-refractivity contribution in [3.63, 3.8) is 0 Å². The molecule has 0 aromatic carbocycles. The van der Waals surface area contributed by atoms with E-state index in [2.05, 4.69) is 15.0 Å². The number of piperidine rings is 1. The van der Waals surface area contributed by atoms with Crippen LogP contribution in [0.3, 0.4) is 0 Å². The van der Waals surface area contributed by atoms with Crippen LogP contribution in [0.2, 0.25) is 0 Å². The summed E-state index contributed by atoms with van der Waals surface area (Å²) in [4.78, 5) is 7.16. The van der Waals surface area contributed by atoms with Gasteiger partial charge < -0.3 is 10.6 Å². The van der Waals surface area contributed by atoms with E-state index >= 15 is 0 Å². The van der Waals surface area contributed by atoms with Crippen molar-refractivity contribution in [1.29, 1.82) is 0 Å². The quantitative estimate of drug-likeness (QED) is 0.871. The second-order valence-electron chi connectivity index (χ2n) is 5.50. The molecule has 2 aliphatic heterocycles. The number of likely N-dealkylation sites (tertiary alicyclic amines) is 1. The second kappa shape index (κ2) is 5.36. The van der Waals surface area contributed by atoms with Crippen LogP contribution < -0.4 is 5.73 Å². The molecule has 0 aliphatic carbocycles. The first kappa shape index (κ1) is 12.1. The van der Waals surface area contributed by atoms with Gasteiger partial charge in [0, 0.05) is 19.4 Å². The number of aryl methyl sites for hydroxylation is 1. The summed E-state index contributed by atoms with van der Waals surface area (Å²) in [6.45, 7) is 3.58. The first-order valence-corrected chi connectivity index (χ1v) is 7.25. The van der Waals surface area contributed by atoms with Crippen LogP contribution in [0.15, 0.2) is 0 Å². The van der Waals surface area contributed by atoms with Gasteiger partial charge in [0.05, 0.1) is 0 Å². The molecule has 0 bridgehead atoms. The summed E-state index contributed by atoms with van der Waals surface area (Å²) in [7, 11) is 0. The maximum absolute atomic E-state index is 6.05. The number of nitrogens with two attached hydrogens (primary N) is 1. The molecule has 0 radical (unpaired) electrons. The van der Waals surface area contributed by atoms with E-state index < -0.39 is 0 Å². The van der Waals surface area contributed by atoms with Crippen molar-refractivity contribution in [2.45, 2.75) is 51.1 Å². The van der Waals surface area contributed by atoms with Crippen molar-refractivity contribution in [3.05, 3.63) is 11.6 Å². The van der Waals surface area contributed by atoms with Crippen molar-refractivity contribution in [2.75, 3.05) is 19.6 Å². The average molecular weight is 249 g/mol. The first-order chi connectivity index (χ1) is 8.83. The zero-order valence-corrected chi connectivity index (χ0v) is 11.0. The number of nitrogens with zero attached hydrogens (tertiary/aromatic N) is 4. The lowest BCUT2D eigenvalue weighted by Gasteiger charge is -2.25. The highest BCUT2D eigenvalue weighted by Gasteiger charge is 2.20. The molecule has 1 aromatic rings. The van der Waals surface area contributed by atoms with E-state index in [4.69, 9.17) is 5.73 Å². The fourth-order valence-corrected chi connectivity index (χ4v) is 2.98. The molecule has 18 heavy (non-hydrogen) atoms. The summed E-state index contributed by atoms with van der Waals surface area (Å²) in [6, 6.07) is 0. The fourth-order valence-electron chi connectivity index (χ4n) is 2.98. The maximum atomic E-state index is 6.05. The normalized spacial score (nSPS) is 25.1. The fraction of sp³-hybridized carbons (Fsp3) is 0.846. The lowest BCUT2D eigenvalue weighted by Crippen LogP contribution is -2.31. The maximum Gasteiger partial charge on any atom is 0.152 e. The van der Waals surface area contributed by atoms with Gasteiger partial charge in [0.25, 0.3) is 0 Å².